The van der Waals surface area contributed by atoms with Crippen LogP contribution in [0.25, 0.3) is 0 Å². The van der Waals surface area contributed by atoms with Gasteiger partial charge in [-0.1, -0.05) is 18.8 Å². The summed E-state index contributed by atoms with van der Waals surface area (Å²) >= 11 is 1.97. The minimum absolute atomic E-state index is 0.119. The van der Waals surface area contributed by atoms with Crippen molar-refractivity contribution in [3.05, 3.63) is 34.9 Å². The van der Waals surface area contributed by atoms with E-state index in [0.29, 0.717) is 11.8 Å². The number of benzene rings is 1. The highest BCUT2D eigenvalue weighted by atomic mass is 32.2. The first-order chi connectivity index (χ1) is 10.1. The molecule has 1 unspecified atom stereocenters. The van der Waals surface area contributed by atoms with Gasteiger partial charge in [0.2, 0.25) is 0 Å². The summed E-state index contributed by atoms with van der Waals surface area (Å²) in [4.78, 5) is 14.7. The Morgan fingerprint density at radius 3 is 3.00 bits per heavy atom. The predicted molar refractivity (Wildman–Crippen MR) is 89.6 cm³/mol. The molecular weight excluding hydrogens is 280 g/mol. The molecule has 0 aromatic heterocycles. The van der Waals surface area contributed by atoms with Crippen molar-refractivity contribution in [2.75, 3.05) is 25.4 Å². The zero-order valence-corrected chi connectivity index (χ0v) is 13.5. The number of aryl methyl sites for hydroxylation is 1. The number of carbonyl (C=O) groups is 1. The summed E-state index contributed by atoms with van der Waals surface area (Å²) in [7, 11) is 0. The maximum Gasteiger partial charge on any atom is 0.253 e. The van der Waals surface area contributed by atoms with E-state index in [1.807, 2.05) is 41.8 Å². The lowest BCUT2D eigenvalue weighted by molar-refractivity contribution is 0.0761. The van der Waals surface area contributed by atoms with Crippen molar-refractivity contribution in [2.24, 2.45) is 5.73 Å². The molecule has 2 rings (SSSR count). The lowest BCUT2D eigenvalue weighted by Gasteiger charge is -2.32. The maximum absolute atomic E-state index is 12.7. The van der Waals surface area contributed by atoms with Crippen molar-refractivity contribution < 1.29 is 4.79 Å². The lowest BCUT2D eigenvalue weighted by atomic mass is 10.1. The van der Waals surface area contributed by atoms with Gasteiger partial charge >= 0.3 is 0 Å². The minimum atomic E-state index is 0.119. The molecule has 3 nitrogen and oxygen atoms in total. The molecule has 1 saturated heterocycles. The molecule has 4 heteroatoms. The first kappa shape index (κ1) is 15.9. The van der Waals surface area contributed by atoms with Gasteiger partial charge in [0.05, 0.1) is 6.54 Å². The summed E-state index contributed by atoms with van der Waals surface area (Å²) < 4.78 is 0. The largest absolute Gasteiger partial charge is 0.337 e. The van der Waals surface area contributed by atoms with Crippen LogP contribution in [0.5, 0.6) is 0 Å². The maximum atomic E-state index is 12.7. The lowest BCUT2D eigenvalue weighted by Crippen LogP contribution is -2.41. The average Bonchev–Trinajstić information content (AvgIpc) is 2.51. The Bertz CT molecular complexity index is 574. The highest BCUT2D eigenvalue weighted by Crippen LogP contribution is 2.23. The van der Waals surface area contributed by atoms with Crippen LogP contribution < -0.4 is 5.73 Å². The summed E-state index contributed by atoms with van der Waals surface area (Å²) in [5.41, 5.74) is 8.06. The van der Waals surface area contributed by atoms with Crippen LogP contribution >= 0.6 is 11.8 Å². The Labute approximate surface area is 131 Å². The molecule has 112 valence electrons. The van der Waals surface area contributed by atoms with Crippen LogP contribution in [0.15, 0.2) is 18.2 Å². The molecule has 1 heterocycles. The van der Waals surface area contributed by atoms with Gasteiger partial charge in [-0.25, -0.2) is 0 Å². The Morgan fingerprint density at radius 1 is 1.48 bits per heavy atom. The molecule has 1 fully saturated rings. The van der Waals surface area contributed by atoms with E-state index in [-0.39, 0.29) is 5.91 Å². The Morgan fingerprint density at radius 2 is 2.29 bits per heavy atom. The summed E-state index contributed by atoms with van der Waals surface area (Å²) in [6, 6.07) is 5.81. The second kappa shape index (κ2) is 7.53. The van der Waals surface area contributed by atoms with E-state index >= 15 is 0 Å². The van der Waals surface area contributed by atoms with Crippen LogP contribution in [0.3, 0.4) is 0 Å². The third kappa shape index (κ3) is 4.26. The van der Waals surface area contributed by atoms with E-state index < -0.39 is 0 Å². The standard InChI is InChI=1S/C17H22N2OS/c1-3-16-12-19(7-8-21-16)17(20)15-10-13(2)9-14(11-15)5-4-6-18/h9-11,16H,3,6-8,12,18H2,1-2H3. The van der Waals surface area contributed by atoms with Gasteiger partial charge in [0.1, 0.15) is 0 Å². The Balaban J connectivity index is 2.20. The van der Waals surface area contributed by atoms with E-state index in [1.165, 1.54) is 0 Å². The number of carbonyl (C=O) groups excluding carboxylic acids is 1. The van der Waals surface area contributed by atoms with E-state index in [4.69, 9.17) is 5.73 Å². The van der Waals surface area contributed by atoms with Crippen LogP contribution in [0.1, 0.15) is 34.8 Å². The zero-order chi connectivity index (χ0) is 15.2. The van der Waals surface area contributed by atoms with Gasteiger partial charge in [0, 0.05) is 35.2 Å². The van der Waals surface area contributed by atoms with Crippen LogP contribution in [-0.4, -0.2) is 41.4 Å². The van der Waals surface area contributed by atoms with Gasteiger partial charge in [0.15, 0.2) is 0 Å². The molecule has 1 aliphatic heterocycles. The van der Waals surface area contributed by atoms with Crippen LogP contribution in [0, 0.1) is 18.8 Å². The first-order valence-electron chi connectivity index (χ1n) is 7.35. The highest BCUT2D eigenvalue weighted by Gasteiger charge is 2.24. The fourth-order valence-corrected chi connectivity index (χ4v) is 3.65. The molecular formula is C17H22N2OS. The molecule has 0 spiro atoms. The number of thioether (sulfide) groups is 1. The summed E-state index contributed by atoms with van der Waals surface area (Å²) in [5.74, 6) is 7.00. The summed E-state index contributed by atoms with van der Waals surface area (Å²) in [6.45, 7) is 6.18. The molecule has 0 saturated carbocycles. The van der Waals surface area contributed by atoms with Crippen LogP contribution in [-0.2, 0) is 0 Å². The molecule has 1 aromatic carbocycles. The topological polar surface area (TPSA) is 46.3 Å². The van der Waals surface area contributed by atoms with E-state index in [9.17, 15) is 4.79 Å². The second-order valence-corrected chi connectivity index (χ2v) is 6.65. The molecule has 1 amide bonds. The van der Waals surface area contributed by atoms with Crippen molar-refractivity contribution in [3.63, 3.8) is 0 Å². The number of hydrogen-bond acceptors (Lipinski definition) is 3. The normalized spacial score (nSPS) is 18.0. The zero-order valence-electron chi connectivity index (χ0n) is 12.7. The van der Waals surface area contributed by atoms with Crippen molar-refractivity contribution >= 4 is 17.7 Å². The van der Waals surface area contributed by atoms with E-state index in [2.05, 4.69) is 18.8 Å². The molecule has 0 aliphatic carbocycles. The molecule has 21 heavy (non-hydrogen) atoms. The van der Waals surface area contributed by atoms with E-state index in [1.54, 1.807) is 0 Å². The SMILES string of the molecule is CCC1CN(C(=O)c2cc(C)cc(C#CCN)c2)CCS1. The quantitative estimate of drug-likeness (QED) is 0.853. The summed E-state index contributed by atoms with van der Waals surface area (Å²) in [5, 5.41) is 0.559. The average molecular weight is 302 g/mol. The van der Waals surface area contributed by atoms with Crippen molar-refractivity contribution in [2.45, 2.75) is 25.5 Å². The highest BCUT2D eigenvalue weighted by molar-refractivity contribution is 8.00. The Kier molecular flexibility index (Phi) is 5.72. The molecule has 1 aliphatic rings. The minimum Gasteiger partial charge on any atom is -0.337 e. The third-order valence-electron chi connectivity index (χ3n) is 3.54. The summed E-state index contributed by atoms with van der Waals surface area (Å²) in [6.07, 6.45) is 1.11. The molecule has 1 aromatic rings. The van der Waals surface area contributed by atoms with Gasteiger partial charge in [-0.05, 0) is 37.1 Å². The fourth-order valence-electron chi connectivity index (χ4n) is 2.47. The molecule has 2 N–H and O–H groups in total. The van der Waals surface area contributed by atoms with Crippen molar-refractivity contribution in [3.8, 4) is 11.8 Å². The van der Waals surface area contributed by atoms with Gasteiger partial charge in [-0.3, -0.25) is 4.79 Å². The van der Waals surface area contributed by atoms with Gasteiger partial charge < -0.3 is 10.6 Å². The molecule has 1 atom stereocenters. The van der Waals surface area contributed by atoms with Crippen LogP contribution in [0.2, 0.25) is 0 Å². The Hall–Kier alpha value is -1.44. The number of nitrogens with zero attached hydrogens (tertiary/aromatic N) is 1. The number of rotatable bonds is 2. The molecule has 0 radical (unpaired) electrons. The fraction of sp³-hybridized carbons (Fsp3) is 0.471. The van der Waals surface area contributed by atoms with Gasteiger partial charge in [0.25, 0.3) is 5.91 Å². The van der Waals surface area contributed by atoms with Gasteiger partial charge in [-0.15, -0.1) is 0 Å². The first-order valence-corrected chi connectivity index (χ1v) is 8.40. The van der Waals surface area contributed by atoms with Crippen molar-refractivity contribution in [1.82, 2.24) is 4.90 Å². The van der Waals surface area contributed by atoms with Crippen molar-refractivity contribution in [1.29, 1.82) is 0 Å². The second-order valence-electron chi connectivity index (χ2n) is 5.25. The number of nitrogens with two attached hydrogens (primary N) is 1. The predicted octanol–water partition coefficient (Wildman–Crippen LogP) is 2.27. The molecule has 0 bridgehead atoms. The monoisotopic (exact) mass is 302 g/mol. The van der Waals surface area contributed by atoms with E-state index in [0.717, 1.165) is 42.0 Å². The smallest absolute Gasteiger partial charge is 0.253 e. The number of hydrogen-bond donors (Lipinski definition) is 1. The van der Waals surface area contributed by atoms with Gasteiger partial charge in [-0.2, -0.15) is 11.8 Å². The number of amides is 1. The van der Waals surface area contributed by atoms with Crippen LogP contribution in [0.4, 0.5) is 0 Å². The third-order valence-corrected chi connectivity index (χ3v) is 4.91.